The van der Waals surface area contributed by atoms with Crippen LogP contribution in [-0.4, -0.2) is 78.0 Å². The molecular formula is C23H36N6O2. The van der Waals surface area contributed by atoms with Crippen LogP contribution in [-0.2, 0) is 4.79 Å². The van der Waals surface area contributed by atoms with Gasteiger partial charge in [-0.15, -0.1) is 0 Å². The Labute approximate surface area is 185 Å². The van der Waals surface area contributed by atoms with Gasteiger partial charge in [0.2, 0.25) is 5.91 Å². The standard InChI is InChI=1S/C23H36N6O2/c1-17(2)27-13-9-19(10-14-27)28-11-4-12-29(16-15-28)21-6-3-5-20(24-21)23(31)26-25-22(30)18-7-8-18/h3,5-6,17-19H,4,7-16H2,1-2H3,(H,25,30)(H,26,31). The van der Waals surface area contributed by atoms with Gasteiger partial charge in [0.25, 0.3) is 5.91 Å². The van der Waals surface area contributed by atoms with E-state index >= 15 is 0 Å². The van der Waals surface area contributed by atoms with Crippen molar-refractivity contribution < 1.29 is 9.59 Å². The van der Waals surface area contributed by atoms with Crippen LogP contribution < -0.4 is 15.8 Å². The van der Waals surface area contributed by atoms with E-state index in [-0.39, 0.29) is 17.7 Å². The summed E-state index contributed by atoms with van der Waals surface area (Å²) in [5.41, 5.74) is 5.32. The van der Waals surface area contributed by atoms with Gasteiger partial charge in [-0.05, 0) is 71.2 Å². The summed E-state index contributed by atoms with van der Waals surface area (Å²) < 4.78 is 0. The van der Waals surface area contributed by atoms with Crippen LogP contribution in [0.1, 0.15) is 56.4 Å². The highest BCUT2D eigenvalue weighted by Gasteiger charge is 2.30. The molecule has 8 nitrogen and oxygen atoms in total. The average Bonchev–Trinajstić information content (AvgIpc) is 3.64. The molecule has 0 bridgehead atoms. The number of nitrogens with one attached hydrogen (secondary N) is 2. The van der Waals surface area contributed by atoms with Crippen molar-refractivity contribution in [2.75, 3.05) is 44.2 Å². The number of amides is 2. The van der Waals surface area contributed by atoms with Gasteiger partial charge in [-0.2, -0.15) is 0 Å². The lowest BCUT2D eigenvalue weighted by atomic mass is 10.0. The summed E-state index contributed by atoms with van der Waals surface area (Å²) in [6.07, 6.45) is 5.40. The van der Waals surface area contributed by atoms with E-state index in [1.54, 1.807) is 6.07 Å². The number of pyridine rings is 1. The number of nitrogens with zero attached hydrogens (tertiary/aromatic N) is 4. The summed E-state index contributed by atoms with van der Waals surface area (Å²) in [7, 11) is 0. The second-order valence-electron chi connectivity index (χ2n) is 9.34. The molecule has 3 heterocycles. The SMILES string of the molecule is CC(C)N1CCC(N2CCCN(c3cccc(C(=O)NNC(=O)C4CC4)n3)CC2)CC1. The molecule has 1 saturated carbocycles. The lowest BCUT2D eigenvalue weighted by Gasteiger charge is -2.39. The van der Waals surface area contributed by atoms with Gasteiger partial charge in [-0.1, -0.05) is 6.07 Å². The summed E-state index contributed by atoms with van der Waals surface area (Å²) in [4.78, 5) is 36.2. The zero-order valence-electron chi connectivity index (χ0n) is 18.8. The Kier molecular flexibility index (Phi) is 7.07. The minimum absolute atomic E-state index is 0.0530. The molecule has 0 aromatic carbocycles. The van der Waals surface area contributed by atoms with E-state index in [4.69, 9.17) is 0 Å². The minimum Gasteiger partial charge on any atom is -0.355 e. The number of aromatic nitrogens is 1. The summed E-state index contributed by atoms with van der Waals surface area (Å²) in [5, 5.41) is 0. The molecule has 0 unspecified atom stereocenters. The third-order valence-corrected chi connectivity index (χ3v) is 6.81. The molecule has 2 N–H and O–H groups in total. The molecule has 170 valence electrons. The Morgan fingerprint density at radius 3 is 2.45 bits per heavy atom. The number of piperidine rings is 1. The molecule has 4 rings (SSSR count). The van der Waals surface area contributed by atoms with Crippen LogP contribution in [0.25, 0.3) is 0 Å². The summed E-state index contributed by atoms with van der Waals surface area (Å²) in [6, 6.07) is 6.84. The first-order valence-electron chi connectivity index (χ1n) is 11.8. The molecule has 2 amide bonds. The number of carbonyl (C=O) groups is 2. The van der Waals surface area contributed by atoms with Crippen LogP contribution in [0.5, 0.6) is 0 Å². The van der Waals surface area contributed by atoms with Crippen molar-refractivity contribution in [1.82, 2.24) is 25.6 Å². The van der Waals surface area contributed by atoms with E-state index in [0.717, 1.165) is 51.3 Å². The summed E-state index contributed by atoms with van der Waals surface area (Å²) >= 11 is 0. The number of rotatable bonds is 5. The fourth-order valence-electron chi connectivity index (χ4n) is 4.65. The highest BCUT2D eigenvalue weighted by atomic mass is 16.2. The normalized spacial score (nSPS) is 21.7. The number of carbonyl (C=O) groups excluding carboxylic acids is 2. The average molecular weight is 429 g/mol. The van der Waals surface area contributed by atoms with Crippen LogP contribution >= 0.6 is 0 Å². The van der Waals surface area contributed by atoms with Gasteiger partial charge in [0.1, 0.15) is 11.5 Å². The first-order valence-corrected chi connectivity index (χ1v) is 11.8. The zero-order valence-corrected chi connectivity index (χ0v) is 18.8. The maximum atomic E-state index is 12.4. The zero-order chi connectivity index (χ0) is 21.8. The topological polar surface area (TPSA) is 80.8 Å². The van der Waals surface area contributed by atoms with Crippen molar-refractivity contribution in [2.45, 2.75) is 58.0 Å². The van der Waals surface area contributed by atoms with Gasteiger partial charge in [-0.3, -0.25) is 25.3 Å². The van der Waals surface area contributed by atoms with Crippen molar-refractivity contribution in [3.8, 4) is 0 Å². The molecule has 1 aromatic heterocycles. The molecule has 8 heteroatoms. The van der Waals surface area contributed by atoms with E-state index in [1.165, 1.54) is 25.9 Å². The molecule has 0 atom stereocenters. The van der Waals surface area contributed by atoms with E-state index in [0.29, 0.717) is 17.8 Å². The lowest BCUT2D eigenvalue weighted by molar-refractivity contribution is -0.123. The second-order valence-corrected chi connectivity index (χ2v) is 9.34. The van der Waals surface area contributed by atoms with Gasteiger partial charge in [0.05, 0.1) is 0 Å². The van der Waals surface area contributed by atoms with E-state index in [1.807, 2.05) is 12.1 Å². The minimum atomic E-state index is -0.371. The van der Waals surface area contributed by atoms with Gasteiger partial charge in [0.15, 0.2) is 0 Å². The van der Waals surface area contributed by atoms with Crippen LogP contribution in [0.3, 0.4) is 0 Å². The van der Waals surface area contributed by atoms with Gasteiger partial charge in [-0.25, -0.2) is 4.98 Å². The van der Waals surface area contributed by atoms with Crippen LogP contribution in [0.2, 0.25) is 0 Å². The highest BCUT2D eigenvalue weighted by Crippen LogP contribution is 2.28. The number of hydrogen-bond acceptors (Lipinski definition) is 6. The number of hydrogen-bond donors (Lipinski definition) is 2. The second kappa shape index (κ2) is 9.96. The van der Waals surface area contributed by atoms with Crippen LogP contribution in [0.4, 0.5) is 5.82 Å². The molecule has 1 aliphatic carbocycles. The predicted octanol–water partition coefficient (Wildman–Crippen LogP) is 1.64. The maximum absolute atomic E-state index is 12.4. The van der Waals surface area contributed by atoms with Gasteiger partial charge >= 0.3 is 0 Å². The van der Waals surface area contributed by atoms with Crippen molar-refractivity contribution >= 4 is 17.6 Å². The maximum Gasteiger partial charge on any atom is 0.288 e. The molecule has 2 aliphatic heterocycles. The Bertz CT molecular complexity index is 773. The Balaban J connectivity index is 1.30. The number of hydrazine groups is 1. The highest BCUT2D eigenvalue weighted by molar-refractivity contribution is 5.94. The molecule has 3 aliphatic rings. The van der Waals surface area contributed by atoms with Crippen LogP contribution in [0, 0.1) is 5.92 Å². The molecule has 31 heavy (non-hydrogen) atoms. The lowest BCUT2D eigenvalue weighted by Crippen LogP contribution is -2.47. The predicted molar refractivity (Wildman–Crippen MR) is 121 cm³/mol. The first kappa shape index (κ1) is 22.0. The molecular weight excluding hydrogens is 392 g/mol. The Morgan fingerprint density at radius 1 is 0.968 bits per heavy atom. The van der Waals surface area contributed by atoms with Crippen LogP contribution in [0.15, 0.2) is 18.2 Å². The third-order valence-electron chi connectivity index (χ3n) is 6.81. The monoisotopic (exact) mass is 428 g/mol. The van der Waals surface area contributed by atoms with E-state index in [2.05, 4.69) is 44.4 Å². The van der Waals surface area contributed by atoms with Gasteiger partial charge in [0, 0.05) is 44.2 Å². The Morgan fingerprint density at radius 2 is 1.74 bits per heavy atom. The first-order chi connectivity index (χ1) is 15.0. The molecule has 0 spiro atoms. The van der Waals surface area contributed by atoms with Crippen molar-refractivity contribution in [1.29, 1.82) is 0 Å². The molecule has 0 radical (unpaired) electrons. The third kappa shape index (κ3) is 5.74. The molecule has 3 fully saturated rings. The fourth-order valence-corrected chi connectivity index (χ4v) is 4.65. The Hall–Kier alpha value is -2.19. The number of likely N-dealkylation sites (tertiary alicyclic amines) is 1. The van der Waals surface area contributed by atoms with Crippen molar-refractivity contribution in [2.24, 2.45) is 5.92 Å². The quantitative estimate of drug-likeness (QED) is 0.694. The summed E-state index contributed by atoms with van der Waals surface area (Å²) in [6.45, 7) is 11.0. The number of anilines is 1. The van der Waals surface area contributed by atoms with Gasteiger partial charge < -0.3 is 9.80 Å². The molecule has 1 aromatic rings. The summed E-state index contributed by atoms with van der Waals surface area (Å²) in [5.74, 6) is 0.399. The molecule has 2 saturated heterocycles. The smallest absolute Gasteiger partial charge is 0.288 e. The largest absolute Gasteiger partial charge is 0.355 e. The van der Waals surface area contributed by atoms with E-state index in [9.17, 15) is 9.59 Å². The van der Waals surface area contributed by atoms with E-state index < -0.39 is 0 Å². The fraction of sp³-hybridized carbons (Fsp3) is 0.696. The van der Waals surface area contributed by atoms with Crippen molar-refractivity contribution in [3.63, 3.8) is 0 Å². The van der Waals surface area contributed by atoms with Crippen molar-refractivity contribution in [3.05, 3.63) is 23.9 Å².